The van der Waals surface area contributed by atoms with Gasteiger partial charge in [-0.25, -0.2) is 13.6 Å². The van der Waals surface area contributed by atoms with E-state index in [0.29, 0.717) is 25.7 Å². The molecule has 0 fully saturated rings. The summed E-state index contributed by atoms with van der Waals surface area (Å²) in [7, 11) is 0. The van der Waals surface area contributed by atoms with Crippen molar-refractivity contribution < 1.29 is 18.4 Å². The van der Waals surface area contributed by atoms with Crippen molar-refractivity contribution >= 4 is 29.0 Å². The van der Waals surface area contributed by atoms with Crippen molar-refractivity contribution in [1.29, 1.82) is 0 Å². The molecule has 3 rings (SSSR count). The Hall–Kier alpha value is -3.26. The Balaban J connectivity index is 1.78. The normalized spacial score (nSPS) is 10.9. The van der Waals surface area contributed by atoms with E-state index < -0.39 is 17.7 Å². The van der Waals surface area contributed by atoms with Gasteiger partial charge in [0.25, 0.3) is 0 Å². The smallest absolute Gasteiger partial charge is 0.322 e. The maximum Gasteiger partial charge on any atom is 0.322 e. The van der Waals surface area contributed by atoms with Crippen LogP contribution in [0.3, 0.4) is 0 Å². The third kappa shape index (κ3) is 7.38. The van der Waals surface area contributed by atoms with Crippen molar-refractivity contribution in [2.24, 2.45) is 5.92 Å². The van der Waals surface area contributed by atoms with Crippen LogP contribution in [0.25, 0.3) is 0 Å². The summed E-state index contributed by atoms with van der Waals surface area (Å²) in [6.07, 6.45) is 0. The number of halogens is 2. The first-order chi connectivity index (χ1) is 16.2. The molecule has 0 saturated carbocycles. The number of urea groups is 1. The molecule has 1 heterocycles. The predicted octanol–water partition coefficient (Wildman–Crippen LogP) is 6.05. The van der Waals surface area contributed by atoms with E-state index in [9.17, 15) is 18.4 Å². The highest BCUT2D eigenvalue weighted by atomic mass is 32.1. The summed E-state index contributed by atoms with van der Waals surface area (Å²) in [5.74, 6) is -1.74. The van der Waals surface area contributed by atoms with Gasteiger partial charge in [0, 0.05) is 28.9 Å². The van der Waals surface area contributed by atoms with E-state index in [1.807, 2.05) is 63.2 Å². The third-order valence-electron chi connectivity index (χ3n) is 5.08. The Kier molecular flexibility index (Phi) is 8.76. The van der Waals surface area contributed by atoms with E-state index in [-0.39, 0.29) is 24.1 Å². The minimum Gasteiger partial charge on any atom is -0.332 e. The van der Waals surface area contributed by atoms with Gasteiger partial charge in [-0.15, -0.1) is 11.3 Å². The van der Waals surface area contributed by atoms with Gasteiger partial charge in [-0.3, -0.25) is 4.79 Å². The molecule has 0 aliphatic rings. The average molecular weight is 486 g/mol. The molecule has 0 aliphatic heterocycles. The number of anilines is 1. The highest BCUT2D eigenvalue weighted by molar-refractivity contribution is 7.11. The first kappa shape index (κ1) is 25.4. The topological polar surface area (TPSA) is 52.7 Å². The Morgan fingerprint density at radius 2 is 1.71 bits per heavy atom. The second kappa shape index (κ2) is 11.7. The standard InChI is InChI=1S/C26H29F2N3O2S/c1-18(2)14-31(26(33)29-24-12-10-21(27)13-23(24)28)17-25(32)30(15-20-7-5-4-6-8-20)16-22-11-9-19(3)34-22/h4-13,18H,14-17H2,1-3H3,(H,29,33). The van der Waals surface area contributed by atoms with Gasteiger partial charge in [-0.1, -0.05) is 44.2 Å². The molecule has 1 N–H and O–H groups in total. The second-order valence-electron chi connectivity index (χ2n) is 8.58. The Morgan fingerprint density at radius 1 is 0.971 bits per heavy atom. The van der Waals surface area contributed by atoms with Gasteiger partial charge in [0.15, 0.2) is 0 Å². The van der Waals surface area contributed by atoms with Crippen LogP contribution >= 0.6 is 11.3 Å². The van der Waals surface area contributed by atoms with Gasteiger partial charge >= 0.3 is 6.03 Å². The maximum absolute atomic E-state index is 14.1. The average Bonchev–Trinajstić information content (AvgIpc) is 3.19. The Bertz CT molecular complexity index is 1120. The number of hydrogen-bond donors (Lipinski definition) is 1. The molecular weight excluding hydrogens is 456 g/mol. The van der Waals surface area contributed by atoms with Crippen LogP contribution < -0.4 is 5.32 Å². The summed E-state index contributed by atoms with van der Waals surface area (Å²) in [6, 6.07) is 16.0. The van der Waals surface area contributed by atoms with E-state index in [0.717, 1.165) is 21.4 Å². The number of nitrogens with zero attached hydrogens (tertiary/aromatic N) is 2. The van der Waals surface area contributed by atoms with E-state index in [4.69, 9.17) is 0 Å². The largest absolute Gasteiger partial charge is 0.332 e. The van der Waals surface area contributed by atoms with Crippen molar-refractivity contribution in [3.63, 3.8) is 0 Å². The predicted molar refractivity (Wildman–Crippen MR) is 132 cm³/mol. The van der Waals surface area contributed by atoms with Crippen LogP contribution in [0, 0.1) is 24.5 Å². The molecule has 0 radical (unpaired) electrons. The zero-order chi connectivity index (χ0) is 24.7. The SMILES string of the molecule is Cc1ccc(CN(Cc2ccccc2)C(=O)CN(CC(C)C)C(=O)Nc2ccc(F)cc2F)s1. The molecule has 0 spiro atoms. The zero-order valence-corrected chi connectivity index (χ0v) is 20.4. The lowest BCUT2D eigenvalue weighted by atomic mass is 10.2. The fourth-order valence-corrected chi connectivity index (χ4v) is 4.41. The molecule has 3 aromatic rings. The molecule has 5 nitrogen and oxygen atoms in total. The number of nitrogens with one attached hydrogen (secondary N) is 1. The molecule has 0 saturated heterocycles. The summed E-state index contributed by atoms with van der Waals surface area (Å²) >= 11 is 1.63. The van der Waals surface area contributed by atoms with Crippen LogP contribution in [0.15, 0.2) is 60.7 Å². The van der Waals surface area contributed by atoms with Crippen LogP contribution in [0.1, 0.15) is 29.2 Å². The van der Waals surface area contributed by atoms with Crippen molar-refractivity contribution in [3.05, 3.63) is 87.6 Å². The number of aryl methyl sites for hydroxylation is 1. The van der Waals surface area contributed by atoms with Crippen molar-refractivity contribution in [2.45, 2.75) is 33.9 Å². The monoisotopic (exact) mass is 485 g/mol. The van der Waals surface area contributed by atoms with Gasteiger partial charge in [-0.05, 0) is 42.7 Å². The van der Waals surface area contributed by atoms with Crippen LogP contribution in [0.4, 0.5) is 19.3 Å². The molecule has 1 aromatic heterocycles. The molecule has 8 heteroatoms. The highest BCUT2D eigenvalue weighted by Gasteiger charge is 2.24. The van der Waals surface area contributed by atoms with Gasteiger partial charge < -0.3 is 15.1 Å². The number of benzene rings is 2. The van der Waals surface area contributed by atoms with Gasteiger partial charge in [0.2, 0.25) is 5.91 Å². The molecule has 3 amide bonds. The van der Waals surface area contributed by atoms with E-state index >= 15 is 0 Å². The minimum atomic E-state index is -0.872. The minimum absolute atomic E-state index is 0.0825. The second-order valence-corrected chi connectivity index (χ2v) is 9.95. The van der Waals surface area contributed by atoms with Crippen molar-refractivity contribution in [3.8, 4) is 0 Å². The third-order valence-corrected chi connectivity index (χ3v) is 6.07. The van der Waals surface area contributed by atoms with Gasteiger partial charge in [-0.2, -0.15) is 0 Å². The van der Waals surface area contributed by atoms with Crippen LogP contribution in [0.2, 0.25) is 0 Å². The first-order valence-electron chi connectivity index (χ1n) is 11.1. The number of amides is 3. The molecular formula is C26H29F2N3O2S. The lowest BCUT2D eigenvalue weighted by Crippen LogP contribution is -2.45. The number of carbonyl (C=O) groups is 2. The fourth-order valence-electron chi connectivity index (χ4n) is 3.50. The van der Waals surface area contributed by atoms with Crippen LogP contribution in [-0.2, 0) is 17.9 Å². The van der Waals surface area contributed by atoms with Crippen molar-refractivity contribution in [1.82, 2.24) is 9.80 Å². The van der Waals surface area contributed by atoms with Gasteiger partial charge in [0.1, 0.15) is 18.2 Å². The zero-order valence-electron chi connectivity index (χ0n) is 19.6. The lowest BCUT2D eigenvalue weighted by molar-refractivity contribution is -0.133. The summed E-state index contributed by atoms with van der Waals surface area (Å²) in [5, 5.41) is 2.47. The molecule has 34 heavy (non-hydrogen) atoms. The van der Waals surface area contributed by atoms with E-state index in [2.05, 4.69) is 5.32 Å². The molecule has 2 aromatic carbocycles. The lowest BCUT2D eigenvalue weighted by Gasteiger charge is -2.29. The maximum atomic E-state index is 14.1. The summed E-state index contributed by atoms with van der Waals surface area (Å²) in [6.45, 7) is 6.84. The molecule has 0 bridgehead atoms. The van der Waals surface area contributed by atoms with E-state index in [1.165, 1.54) is 11.0 Å². The molecule has 0 atom stereocenters. The summed E-state index contributed by atoms with van der Waals surface area (Å²) < 4.78 is 27.3. The van der Waals surface area contributed by atoms with Crippen LogP contribution in [-0.4, -0.2) is 34.8 Å². The molecule has 180 valence electrons. The highest BCUT2D eigenvalue weighted by Crippen LogP contribution is 2.20. The number of rotatable bonds is 9. The number of carbonyl (C=O) groups excluding carboxylic acids is 2. The van der Waals surface area contributed by atoms with Crippen LogP contribution in [0.5, 0.6) is 0 Å². The number of thiophene rings is 1. The Morgan fingerprint density at radius 3 is 2.32 bits per heavy atom. The first-order valence-corrected chi connectivity index (χ1v) is 11.9. The van der Waals surface area contributed by atoms with Gasteiger partial charge in [0.05, 0.1) is 12.2 Å². The Labute approximate surface area is 203 Å². The fraction of sp³-hybridized carbons (Fsp3) is 0.308. The van der Waals surface area contributed by atoms with E-state index in [1.54, 1.807) is 16.2 Å². The number of hydrogen-bond acceptors (Lipinski definition) is 3. The quantitative estimate of drug-likeness (QED) is 0.401. The molecule has 0 aliphatic carbocycles. The molecule has 0 unspecified atom stereocenters. The summed E-state index contributed by atoms with van der Waals surface area (Å²) in [5.41, 5.74) is 0.847. The van der Waals surface area contributed by atoms with Crippen molar-refractivity contribution in [2.75, 3.05) is 18.4 Å². The summed E-state index contributed by atoms with van der Waals surface area (Å²) in [4.78, 5) is 31.7.